The predicted molar refractivity (Wildman–Crippen MR) is 155 cm³/mol. The summed E-state index contributed by atoms with van der Waals surface area (Å²) in [5, 5.41) is 15.4. The highest BCUT2D eigenvalue weighted by Crippen LogP contribution is 2.40. The molecule has 0 radical (unpaired) electrons. The summed E-state index contributed by atoms with van der Waals surface area (Å²) < 4.78 is 6.07. The predicted octanol–water partition coefficient (Wildman–Crippen LogP) is 7.15. The Kier molecular flexibility index (Phi) is 12.6. The second-order valence-electron chi connectivity index (χ2n) is 12.0. The molecule has 1 aliphatic rings. The monoisotopic (exact) mass is 514 g/mol. The van der Waals surface area contributed by atoms with Gasteiger partial charge in [0, 0.05) is 30.5 Å². The van der Waals surface area contributed by atoms with E-state index in [4.69, 9.17) is 24.7 Å². The molecule has 1 fully saturated rings. The molecule has 37 heavy (non-hydrogen) atoms. The lowest BCUT2D eigenvalue weighted by molar-refractivity contribution is -0.122. The third-order valence-electron chi connectivity index (χ3n) is 6.58. The van der Waals surface area contributed by atoms with E-state index in [1.807, 2.05) is 0 Å². The number of aryl methyl sites for hydroxylation is 1. The maximum atomic E-state index is 8.52. The third-order valence-corrected chi connectivity index (χ3v) is 6.58. The molecule has 0 bridgehead atoms. The first-order valence-corrected chi connectivity index (χ1v) is 13.4. The van der Waals surface area contributed by atoms with Crippen LogP contribution in [0.2, 0.25) is 0 Å². The highest BCUT2D eigenvalue weighted by Gasteiger charge is 2.28. The molecule has 2 N–H and O–H groups in total. The summed E-state index contributed by atoms with van der Waals surface area (Å²) in [6.07, 6.45) is 5.75. The van der Waals surface area contributed by atoms with Gasteiger partial charge in [-0.3, -0.25) is 9.78 Å². The lowest BCUT2D eigenvalue weighted by Gasteiger charge is -2.40. The van der Waals surface area contributed by atoms with Crippen LogP contribution < -0.4 is 9.64 Å². The largest absolute Gasteiger partial charge is 0.490 e. The molecule has 1 saturated heterocycles. The Labute approximate surface area is 225 Å². The summed E-state index contributed by atoms with van der Waals surface area (Å²) in [5.74, 6) is 1.44. The van der Waals surface area contributed by atoms with Crippen molar-refractivity contribution in [1.82, 2.24) is 4.98 Å². The number of aromatic nitrogens is 1. The molecule has 208 valence electrons. The zero-order valence-electron chi connectivity index (χ0n) is 24.8. The average Bonchev–Trinajstić information content (AvgIpc) is 2.79. The van der Waals surface area contributed by atoms with Crippen molar-refractivity contribution >= 4 is 12.2 Å². The van der Waals surface area contributed by atoms with Gasteiger partial charge in [0.05, 0.1) is 17.4 Å². The van der Waals surface area contributed by atoms with Crippen LogP contribution in [0.15, 0.2) is 30.5 Å². The molecule has 1 aromatic carbocycles. The summed E-state index contributed by atoms with van der Waals surface area (Å²) in [5.41, 5.74) is 6.33. The number of anilines is 1. The fraction of sp³-hybridized carbons (Fsp3) is 0.613. The first-order chi connectivity index (χ1) is 17.1. The number of nitrogens with zero attached hydrogens (tertiary/aromatic N) is 2. The van der Waals surface area contributed by atoms with Gasteiger partial charge >= 0.3 is 0 Å². The standard InChI is InChI=1S/C26H38N2O.C4H10O.CH2O2/c1-8-23-19(4)27-17-24(25(23)28-15-13-26(6,7)14-16-28)21-9-11-22(12-10-21)29-20(5)18(2)3;1-4(2,3)5;2-1-3/h9-12,17-18,20H,8,13-16H2,1-7H3;5H,1-3H3;1H,(H,2,3). The van der Waals surface area contributed by atoms with Gasteiger partial charge < -0.3 is 19.8 Å². The van der Waals surface area contributed by atoms with Gasteiger partial charge in [-0.25, -0.2) is 0 Å². The van der Waals surface area contributed by atoms with E-state index in [1.54, 1.807) is 20.8 Å². The van der Waals surface area contributed by atoms with Crippen molar-refractivity contribution in [1.29, 1.82) is 0 Å². The van der Waals surface area contributed by atoms with Crippen LogP contribution in [0.4, 0.5) is 5.69 Å². The van der Waals surface area contributed by atoms with Gasteiger partial charge in [0.15, 0.2) is 0 Å². The number of pyridine rings is 1. The van der Waals surface area contributed by atoms with Crippen LogP contribution >= 0.6 is 0 Å². The van der Waals surface area contributed by atoms with E-state index in [-0.39, 0.29) is 12.6 Å². The molecule has 2 aromatic rings. The van der Waals surface area contributed by atoms with E-state index in [1.165, 1.54) is 35.2 Å². The second kappa shape index (κ2) is 14.4. The summed E-state index contributed by atoms with van der Waals surface area (Å²) in [7, 11) is 0. The molecule has 1 atom stereocenters. The van der Waals surface area contributed by atoms with Gasteiger partial charge in [0.25, 0.3) is 6.47 Å². The number of hydrogen-bond acceptors (Lipinski definition) is 5. The number of rotatable bonds is 6. The molecule has 3 rings (SSSR count). The van der Waals surface area contributed by atoms with E-state index < -0.39 is 5.60 Å². The van der Waals surface area contributed by atoms with Crippen molar-refractivity contribution < 1.29 is 19.7 Å². The van der Waals surface area contributed by atoms with Gasteiger partial charge in [-0.05, 0) is 88.5 Å². The lowest BCUT2D eigenvalue weighted by atomic mass is 9.82. The number of carboxylic acid groups (broad SMARTS) is 1. The highest BCUT2D eigenvalue weighted by molar-refractivity contribution is 5.81. The Balaban J connectivity index is 0.000000751. The van der Waals surface area contributed by atoms with E-state index in [9.17, 15) is 0 Å². The molecule has 0 amide bonds. The van der Waals surface area contributed by atoms with Crippen LogP contribution in [0.3, 0.4) is 0 Å². The molecule has 1 aliphatic heterocycles. The Hall–Kier alpha value is -2.60. The molecule has 6 nitrogen and oxygen atoms in total. The zero-order chi connectivity index (χ0) is 28.4. The first-order valence-electron chi connectivity index (χ1n) is 13.4. The van der Waals surface area contributed by atoms with Crippen LogP contribution in [0, 0.1) is 18.3 Å². The smallest absolute Gasteiger partial charge is 0.290 e. The fourth-order valence-electron chi connectivity index (χ4n) is 4.03. The van der Waals surface area contributed by atoms with E-state index >= 15 is 0 Å². The molecule has 1 aromatic heterocycles. The number of carbonyl (C=O) groups is 1. The van der Waals surface area contributed by atoms with Gasteiger partial charge in [-0.2, -0.15) is 0 Å². The number of ether oxygens (including phenoxy) is 1. The minimum atomic E-state index is -0.500. The van der Waals surface area contributed by atoms with Crippen LogP contribution in [-0.4, -0.2) is 46.5 Å². The van der Waals surface area contributed by atoms with Crippen molar-refractivity contribution in [2.75, 3.05) is 18.0 Å². The van der Waals surface area contributed by atoms with Gasteiger partial charge in [-0.15, -0.1) is 0 Å². The molecule has 0 aliphatic carbocycles. The molecule has 2 heterocycles. The maximum absolute atomic E-state index is 8.52. The topological polar surface area (TPSA) is 82.9 Å². The zero-order valence-corrected chi connectivity index (χ0v) is 24.8. The molecule has 0 spiro atoms. The van der Waals surface area contributed by atoms with Crippen molar-refractivity contribution in [3.8, 4) is 16.9 Å². The van der Waals surface area contributed by atoms with Crippen LogP contribution in [0.5, 0.6) is 5.75 Å². The van der Waals surface area contributed by atoms with Crippen LogP contribution in [-0.2, 0) is 11.2 Å². The van der Waals surface area contributed by atoms with Gasteiger partial charge in [-0.1, -0.05) is 46.8 Å². The minimum absolute atomic E-state index is 0.209. The lowest BCUT2D eigenvalue weighted by Crippen LogP contribution is -2.38. The van der Waals surface area contributed by atoms with Gasteiger partial charge in [0.2, 0.25) is 0 Å². The minimum Gasteiger partial charge on any atom is -0.490 e. The Morgan fingerprint density at radius 2 is 1.59 bits per heavy atom. The highest BCUT2D eigenvalue weighted by atomic mass is 16.5. The van der Waals surface area contributed by atoms with Crippen molar-refractivity contribution in [3.63, 3.8) is 0 Å². The maximum Gasteiger partial charge on any atom is 0.290 e. The normalized spacial score (nSPS) is 15.6. The van der Waals surface area contributed by atoms with Crippen molar-refractivity contribution in [2.24, 2.45) is 11.3 Å². The number of benzene rings is 1. The number of aliphatic hydroxyl groups is 1. The average molecular weight is 515 g/mol. The Morgan fingerprint density at radius 1 is 1.11 bits per heavy atom. The fourth-order valence-corrected chi connectivity index (χ4v) is 4.03. The SMILES string of the molecule is CC(C)(C)O.CCc1c(C)ncc(-c2ccc(OC(C)C(C)C)cc2)c1N1CCC(C)(C)CC1.O=CO. The van der Waals surface area contributed by atoms with Crippen molar-refractivity contribution in [2.45, 2.75) is 100 Å². The molecular weight excluding hydrogens is 464 g/mol. The van der Waals surface area contributed by atoms with Crippen molar-refractivity contribution in [3.05, 3.63) is 41.7 Å². The van der Waals surface area contributed by atoms with Gasteiger partial charge in [0.1, 0.15) is 5.75 Å². The number of hydrogen-bond donors (Lipinski definition) is 2. The molecular formula is C31H50N2O4. The van der Waals surface area contributed by atoms with Crippen LogP contribution in [0.1, 0.15) is 86.4 Å². The Morgan fingerprint density at radius 3 is 2.03 bits per heavy atom. The van der Waals surface area contributed by atoms with E-state index in [0.717, 1.165) is 31.0 Å². The summed E-state index contributed by atoms with van der Waals surface area (Å²) in [6.45, 7) is 22.9. The third kappa shape index (κ3) is 11.1. The van der Waals surface area contributed by atoms with E-state index in [0.29, 0.717) is 11.3 Å². The molecule has 0 saturated carbocycles. The summed E-state index contributed by atoms with van der Waals surface area (Å²) in [4.78, 5) is 15.7. The molecule has 6 heteroatoms. The number of piperidine rings is 1. The molecule has 1 unspecified atom stereocenters. The quantitative estimate of drug-likeness (QED) is 0.398. The second-order valence-corrected chi connectivity index (χ2v) is 12.0. The van der Waals surface area contributed by atoms with Crippen LogP contribution in [0.25, 0.3) is 11.1 Å². The summed E-state index contributed by atoms with van der Waals surface area (Å²) in [6, 6.07) is 8.57. The van der Waals surface area contributed by atoms with E-state index in [2.05, 4.69) is 83.8 Å². The first kappa shape index (κ1) is 32.4. The summed E-state index contributed by atoms with van der Waals surface area (Å²) >= 11 is 0. The Bertz CT molecular complexity index is 946.